The van der Waals surface area contributed by atoms with E-state index in [0.717, 1.165) is 16.5 Å². The summed E-state index contributed by atoms with van der Waals surface area (Å²) >= 11 is 0. The monoisotopic (exact) mass is 450 g/mol. The summed E-state index contributed by atoms with van der Waals surface area (Å²) in [7, 11) is 4.56. The molecule has 0 spiro atoms. The molecule has 0 aliphatic carbocycles. The third-order valence-electron chi connectivity index (χ3n) is 5.87. The Bertz CT molecular complexity index is 1230. The SMILES string of the molecule is COCCCN1C(=O)C(=O)/C(=C(/O)c2cc(OC)ccc2OC)C1c1c[nH]c2ccccc12. The minimum absolute atomic E-state index is 0.00808. The molecular weight excluding hydrogens is 424 g/mol. The molecule has 1 amide bonds. The summed E-state index contributed by atoms with van der Waals surface area (Å²) in [6.45, 7) is 0.738. The highest BCUT2D eigenvalue weighted by Gasteiger charge is 2.46. The number of aromatic amines is 1. The quantitative estimate of drug-likeness (QED) is 0.235. The molecule has 33 heavy (non-hydrogen) atoms. The number of rotatable bonds is 8. The van der Waals surface area contributed by atoms with Gasteiger partial charge in [0.2, 0.25) is 0 Å². The van der Waals surface area contributed by atoms with Crippen LogP contribution in [0.3, 0.4) is 0 Å². The Morgan fingerprint density at radius 3 is 2.61 bits per heavy atom. The first kappa shape index (κ1) is 22.4. The van der Waals surface area contributed by atoms with Crippen molar-refractivity contribution in [3.63, 3.8) is 0 Å². The summed E-state index contributed by atoms with van der Waals surface area (Å²) in [5.74, 6) is -0.879. The number of carbonyl (C=O) groups excluding carboxylic acids is 2. The molecule has 2 heterocycles. The van der Waals surface area contributed by atoms with Crippen molar-refractivity contribution in [1.82, 2.24) is 9.88 Å². The standard InChI is InChI=1S/C25H26N2O6/c1-31-12-6-11-27-22(18-14-26-19-8-5-4-7-16(18)19)21(24(29)25(27)30)23(28)17-13-15(32-2)9-10-20(17)33-3/h4-5,7-10,13-14,22,26,28H,6,11-12H2,1-3H3/b23-21+. The van der Waals surface area contributed by atoms with E-state index in [2.05, 4.69) is 4.98 Å². The summed E-state index contributed by atoms with van der Waals surface area (Å²) in [5, 5.41) is 12.2. The fraction of sp³-hybridized carbons (Fsp3) is 0.280. The molecule has 172 valence electrons. The van der Waals surface area contributed by atoms with Crippen LogP contribution in [-0.4, -0.2) is 61.2 Å². The van der Waals surface area contributed by atoms with E-state index in [9.17, 15) is 14.7 Å². The maximum Gasteiger partial charge on any atom is 0.295 e. The summed E-state index contributed by atoms with van der Waals surface area (Å²) < 4.78 is 15.8. The number of aliphatic hydroxyl groups excluding tert-OH is 1. The zero-order valence-electron chi connectivity index (χ0n) is 18.8. The van der Waals surface area contributed by atoms with E-state index in [1.54, 1.807) is 31.5 Å². The molecule has 1 aliphatic heterocycles. The average Bonchev–Trinajstić information content (AvgIpc) is 3.37. The second kappa shape index (κ2) is 9.38. The number of nitrogens with zero attached hydrogens (tertiary/aromatic N) is 1. The van der Waals surface area contributed by atoms with Crippen molar-refractivity contribution in [3.05, 3.63) is 65.4 Å². The van der Waals surface area contributed by atoms with Crippen LogP contribution in [0.1, 0.15) is 23.6 Å². The lowest BCUT2D eigenvalue weighted by Crippen LogP contribution is -2.31. The van der Waals surface area contributed by atoms with E-state index in [4.69, 9.17) is 14.2 Å². The van der Waals surface area contributed by atoms with Gasteiger partial charge in [0.05, 0.1) is 31.4 Å². The Morgan fingerprint density at radius 2 is 1.88 bits per heavy atom. The molecule has 3 aromatic rings. The number of hydrogen-bond acceptors (Lipinski definition) is 6. The number of hydrogen-bond donors (Lipinski definition) is 2. The number of nitrogens with one attached hydrogen (secondary N) is 1. The van der Waals surface area contributed by atoms with Gasteiger partial charge < -0.3 is 29.2 Å². The number of aromatic nitrogens is 1. The van der Waals surface area contributed by atoms with Crippen molar-refractivity contribution in [2.24, 2.45) is 0 Å². The maximum absolute atomic E-state index is 13.2. The van der Waals surface area contributed by atoms with Crippen molar-refractivity contribution in [2.45, 2.75) is 12.5 Å². The third-order valence-corrected chi connectivity index (χ3v) is 5.87. The highest BCUT2D eigenvalue weighted by Crippen LogP contribution is 2.43. The second-order valence-electron chi connectivity index (χ2n) is 7.69. The molecule has 0 radical (unpaired) electrons. The minimum Gasteiger partial charge on any atom is -0.507 e. The molecular formula is C25H26N2O6. The first-order valence-electron chi connectivity index (χ1n) is 10.6. The Kier molecular flexibility index (Phi) is 6.37. The van der Waals surface area contributed by atoms with E-state index in [1.165, 1.54) is 19.1 Å². The van der Waals surface area contributed by atoms with Gasteiger partial charge in [-0.2, -0.15) is 0 Å². The lowest BCUT2D eigenvalue weighted by Gasteiger charge is -2.25. The molecule has 2 aromatic carbocycles. The average molecular weight is 450 g/mol. The Labute approximate surface area is 191 Å². The summed E-state index contributed by atoms with van der Waals surface area (Å²) in [4.78, 5) is 31.0. The van der Waals surface area contributed by atoms with Crippen LogP contribution in [0.25, 0.3) is 16.7 Å². The summed E-state index contributed by atoms with van der Waals surface area (Å²) in [5.41, 5.74) is 1.88. The van der Waals surface area contributed by atoms with Gasteiger partial charge in [-0.25, -0.2) is 0 Å². The van der Waals surface area contributed by atoms with Crippen LogP contribution in [0, 0.1) is 0 Å². The highest BCUT2D eigenvalue weighted by atomic mass is 16.5. The number of ketones is 1. The molecule has 1 fully saturated rings. The van der Waals surface area contributed by atoms with Gasteiger partial charge in [0.15, 0.2) is 0 Å². The van der Waals surface area contributed by atoms with Crippen molar-refractivity contribution >= 4 is 28.4 Å². The van der Waals surface area contributed by atoms with Gasteiger partial charge in [0, 0.05) is 42.9 Å². The molecule has 8 nitrogen and oxygen atoms in total. The highest BCUT2D eigenvalue weighted by molar-refractivity contribution is 6.46. The molecule has 4 rings (SSSR count). The summed E-state index contributed by atoms with van der Waals surface area (Å²) in [6.07, 6.45) is 2.32. The van der Waals surface area contributed by atoms with Gasteiger partial charge >= 0.3 is 0 Å². The topological polar surface area (TPSA) is 101 Å². The van der Waals surface area contributed by atoms with Crippen LogP contribution in [0.15, 0.2) is 54.2 Å². The molecule has 1 saturated heterocycles. The van der Waals surface area contributed by atoms with Gasteiger partial charge in [-0.05, 0) is 30.7 Å². The molecule has 2 N–H and O–H groups in total. The summed E-state index contributed by atoms with van der Waals surface area (Å²) in [6, 6.07) is 11.8. The fourth-order valence-electron chi connectivity index (χ4n) is 4.28. The number of likely N-dealkylation sites (tertiary alicyclic amines) is 1. The van der Waals surface area contributed by atoms with Crippen LogP contribution in [0.2, 0.25) is 0 Å². The normalized spacial score (nSPS) is 17.7. The number of methoxy groups -OCH3 is 3. The van der Waals surface area contributed by atoms with Crippen LogP contribution >= 0.6 is 0 Å². The number of amides is 1. The van der Waals surface area contributed by atoms with E-state index in [1.807, 2.05) is 24.3 Å². The van der Waals surface area contributed by atoms with Crippen LogP contribution in [0.4, 0.5) is 0 Å². The number of Topliss-reactive ketones (excluding diaryl/α,β-unsaturated/α-hetero) is 1. The Balaban J connectivity index is 1.93. The van der Waals surface area contributed by atoms with Crippen molar-refractivity contribution in [1.29, 1.82) is 0 Å². The second-order valence-corrected chi connectivity index (χ2v) is 7.69. The molecule has 1 aromatic heterocycles. The van der Waals surface area contributed by atoms with Crippen molar-refractivity contribution in [3.8, 4) is 11.5 Å². The molecule has 1 aliphatic rings. The number of carbonyl (C=O) groups is 2. The van der Waals surface area contributed by atoms with Crippen LogP contribution in [0.5, 0.6) is 11.5 Å². The number of benzene rings is 2. The fourth-order valence-corrected chi connectivity index (χ4v) is 4.28. The molecule has 0 saturated carbocycles. The Hall–Kier alpha value is -3.78. The zero-order chi connectivity index (χ0) is 23.5. The smallest absolute Gasteiger partial charge is 0.295 e. The van der Waals surface area contributed by atoms with Crippen molar-refractivity contribution in [2.75, 3.05) is 34.5 Å². The lowest BCUT2D eigenvalue weighted by molar-refractivity contribution is -0.140. The van der Waals surface area contributed by atoms with Gasteiger partial charge in [-0.3, -0.25) is 9.59 Å². The molecule has 1 atom stereocenters. The lowest BCUT2D eigenvalue weighted by atomic mass is 9.94. The number of fused-ring (bicyclic) bond motifs is 1. The number of H-pyrrole nitrogens is 1. The van der Waals surface area contributed by atoms with E-state index < -0.39 is 17.7 Å². The van der Waals surface area contributed by atoms with Gasteiger partial charge in [-0.1, -0.05) is 18.2 Å². The molecule has 0 bridgehead atoms. The van der Waals surface area contributed by atoms with Crippen LogP contribution in [-0.2, 0) is 14.3 Å². The first-order chi connectivity index (χ1) is 16.0. The first-order valence-corrected chi connectivity index (χ1v) is 10.6. The van der Waals surface area contributed by atoms with E-state index >= 15 is 0 Å². The van der Waals surface area contributed by atoms with Crippen molar-refractivity contribution < 1.29 is 28.9 Å². The Morgan fingerprint density at radius 1 is 1.09 bits per heavy atom. The van der Waals surface area contributed by atoms with Crippen LogP contribution < -0.4 is 9.47 Å². The third kappa shape index (κ3) is 3.93. The predicted molar refractivity (Wildman–Crippen MR) is 123 cm³/mol. The largest absolute Gasteiger partial charge is 0.507 e. The van der Waals surface area contributed by atoms with E-state index in [-0.39, 0.29) is 16.9 Å². The van der Waals surface area contributed by atoms with Gasteiger partial charge in [-0.15, -0.1) is 0 Å². The molecule has 8 heteroatoms. The minimum atomic E-state index is -0.770. The number of para-hydroxylation sites is 1. The molecule has 1 unspecified atom stereocenters. The van der Waals surface area contributed by atoms with E-state index in [0.29, 0.717) is 31.1 Å². The maximum atomic E-state index is 13.2. The zero-order valence-corrected chi connectivity index (χ0v) is 18.8. The number of aliphatic hydroxyl groups is 1. The van der Waals surface area contributed by atoms with Gasteiger partial charge in [0.1, 0.15) is 17.3 Å². The number of ether oxygens (including phenoxy) is 3. The predicted octanol–water partition coefficient (Wildman–Crippen LogP) is 3.64. The van der Waals surface area contributed by atoms with Gasteiger partial charge in [0.25, 0.3) is 11.7 Å².